The number of carbonyl (C=O) groups is 1. The second-order valence-electron chi connectivity index (χ2n) is 5.95. The molecule has 0 bridgehead atoms. The van der Waals surface area contributed by atoms with Gasteiger partial charge in [0, 0.05) is 45.3 Å². The van der Waals surface area contributed by atoms with Crippen LogP contribution in [0.2, 0.25) is 0 Å². The van der Waals surface area contributed by atoms with Gasteiger partial charge >= 0.3 is 5.97 Å². The Kier molecular flexibility index (Phi) is 10.4. The van der Waals surface area contributed by atoms with E-state index >= 15 is 0 Å². The molecule has 22 heavy (non-hydrogen) atoms. The van der Waals surface area contributed by atoms with Gasteiger partial charge < -0.3 is 20.5 Å². The molecule has 1 aliphatic heterocycles. The van der Waals surface area contributed by atoms with E-state index in [0.29, 0.717) is 0 Å². The van der Waals surface area contributed by atoms with Gasteiger partial charge in [-0.15, -0.1) is 0 Å². The van der Waals surface area contributed by atoms with Gasteiger partial charge in [-0.3, -0.25) is 9.69 Å². The summed E-state index contributed by atoms with van der Waals surface area (Å²) in [6.45, 7) is 7.49. The van der Waals surface area contributed by atoms with E-state index in [-0.39, 0.29) is 18.4 Å². The number of esters is 1. The SMILES string of the molecule is CCCCCC(O)C(CC(=O)OC)N1CCNCCNCC1. The summed E-state index contributed by atoms with van der Waals surface area (Å²) in [4.78, 5) is 14.0. The zero-order valence-corrected chi connectivity index (χ0v) is 14.1. The van der Waals surface area contributed by atoms with Crippen molar-refractivity contribution in [1.82, 2.24) is 15.5 Å². The molecule has 0 spiro atoms. The Balaban J connectivity index is 2.65. The molecule has 3 N–H and O–H groups in total. The lowest BCUT2D eigenvalue weighted by molar-refractivity contribution is -0.143. The highest BCUT2D eigenvalue weighted by Crippen LogP contribution is 2.16. The molecular weight excluding hydrogens is 282 g/mol. The molecule has 0 aromatic rings. The lowest BCUT2D eigenvalue weighted by Crippen LogP contribution is -2.49. The molecule has 0 aliphatic carbocycles. The van der Waals surface area contributed by atoms with Crippen molar-refractivity contribution < 1.29 is 14.6 Å². The minimum atomic E-state index is -0.480. The lowest BCUT2D eigenvalue weighted by atomic mass is 9.99. The molecule has 1 fully saturated rings. The summed E-state index contributed by atoms with van der Waals surface area (Å²) >= 11 is 0. The van der Waals surface area contributed by atoms with Crippen molar-refractivity contribution in [3.63, 3.8) is 0 Å². The van der Waals surface area contributed by atoms with Crippen LogP contribution in [0.4, 0.5) is 0 Å². The first-order chi connectivity index (χ1) is 10.7. The van der Waals surface area contributed by atoms with Gasteiger partial charge in [0.05, 0.1) is 19.6 Å². The normalized spacial score (nSPS) is 20.5. The maximum Gasteiger partial charge on any atom is 0.307 e. The van der Waals surface area contributed by atoms with E-state index in [4.69, 9.17) is 4.74 Å². The van der Waals surface area contributed by atoms with Gasteiger partial charge in [-0.1, -0.05) is 26.2 Å². The number of hydrogen-bond acceptors (Lipinski definition) is 6. The Bertz CT molecular complexity index is 292. The third kappa shape index (κ3) is 7.54. The Morgan fingerprint density at radius 1 is 1.18 bits per heavy atom. The number of unbranched alkanes of at least 4 members (excludes halogenated alkanes) is 2. The fraction of sp³-hybridized carbons (Fsp3) is 0.938. The summed E-state index contributed by atoms with van der Waals surface area (Å²) in [5.41, 5.74) is 0. The first-order valence-corrected chi connectivity index (χ1v) is 8.59. The smallest absolute Gasteiger partial charge is 0.307 e. The van der Waals surface area contributed by atoms with Gasteiger partial charge in [-0.25, -0.2) is 0 Å². The molecule has 6 heteroatoms. The molecule has 0 saturated carbocycles. The van der Waals surface area contributed by atoms with Gasteiger partial charge in [-0.05, 0) is 6.42 Å². The molecular formula is C16H33N3O3. The number of nitrogens with zero attached hydrogens (tertiary/aromatic N) is 1. The predicted molar refractivity (Wildman–Crippen MR) is 87.9 cm³/mol. The van der Waals surface area contributed by atoms with Crippen LogP contribution in [0.15, 0.2) is 0 Å². The van der Waals surface area contributed by atoms with Crippen molar-refractivity contribution in [2.75, 3.05) is 46.4 Å². The van der Waals surface area contributed by atoms with E-state index in [1.165, 1.54) is 7.11 Å². The molecule has 6 nitrogen and oxygen atoms in total. The van der Waals surface area contributed by atoms with E-state index in [1.807, 2.05) is 0 Å². The maximum absolute atomic E-state index is 11.7. The monoisotopic (exact) mass is 315 g/mol. The molecule has 0 aromatic carbocycles. The Morgan fingerprint density at radius 2 is 1.82 bits per heavy atom. The van der Waals surface area contributed by atoms with Crippen molar-refractivity contribution in [2.45, 2.75) is 51.2 Å². The molecule has 0 amide bonds. The van der Waals surface area contributed by atoms with E-state index in [2.05, 4.69) is 22.5 Å². The maximum atomic E-state index is 11.7. The van der Waals surface area contributed by atoms with Gasteiger partial charge in [0.25, 0.3) is 0 Å². The third-order valence-corrected chi connectivity index (χ3v) is 4.25. The van der Waals surface area contributed by atoms with Crippen LogP contribution in [0, 0.1) is 0 Å². The summed E-state index contributed by atoms with van der Waals surface area (Å²) in [6, 6.07) is -0.161. The molecule has 2 unspecified atom stereocenters. The van der Waals surface area contributed by atoms with Crippen LogP contribution < -0.4 is 10.6 Å². The molecule has 1 heterocycles. The fourth-order valence-electron chi connectivity index (χ4n) is 2.87. The first kappa shape index (κ1) is 19.4. The topological polar surface area (TPSA) is 73.8 Å². The zero-order valence-electron chi connectivity index (χ0n) is 14.1. The molecule has 130 valence electrons. The number of methoxy groups -OCH3 is 1. The number of carbonyl (C=O) groups excluding carboxylic acids is 1. The minimum Gasteiger partial charge on any atom is -0.469 e. The Morgan fingerprint density at radius 3 is 2.36 bits per heavy atom. The van der Waals surface area contributed by atoms with Crippen LogP contribution in [0.25, 0.3) is 0 Å². The fourth-order valence-corrected chi connectivity index (χ4v) is 2.87. The van der Waals surface area contributed by atoms with Gasteiger partial charge in [0.15, 0.2) is 0 Å². The van der Waals surface area contributed by atoms with Gasteiger partial charge in [0.2, 0.25) is 0 Å². The van der Waals surface area contributed by atoms with Crippen molar-refractivity contribution in [3.8, 4) is 0 Å². The molecule has 1 rings (SSSR count). The van der Waals surface area contributed by atoms with Crippen LogP contribution in [0.1, 0.15) is 39.0 Å². The van der Waals surface area contributed by atoms with Crippen LogP contribution in [0.3, 0.4) is 0 Å². The lowest BCUT2D eigenvalue weighted by Gasteiger charge is -2.34. The molecule has 0 aromatic heterocycles. The van der Waals surface area contributed by atoms with Crippen molar-refractivity contribution in [3.05, 3.63) is 0 Å². The van der Waals surface area contributed by atoms with E-state index in [9.17, 15) is 9.90 Å². The standard InChI is InChI=1S/C16H33N3O3/c1-3-4-5-6-15(20)14(13-16(21)22-2)19-11-9-17-7-8-18-10-12-19/h14-15,17-18,20H,3-13H2,1-2H3. The van der Waals surface area contributed by atoms with Crippen molar-refractivity contribution in [1.29, 1.82) is 0 Å². The summed E-state index contributed by atoms with van der Waals surface area (Å²) in [6.07, 6.45) is 3.76. The minimum absolute atomic E-state index is 0.161. The van der Waals surface area contributed by atoms with E-state index in [1.54, 1.807) is 0 Å². The summed E-state index contributed by atoms with van der Waals surface area (Å²) in [7, 11) is 1.41. The van der Waals surface area contributed by atoms with E-state index in [0.717, 1.165) is 65.0 Å². The average Bonchev–Trinajstić information content (AvgIpc) is 2.66. The Hall–Kier alpha value is -0.690. The molecule has 0 radical (unpaired) electrons. The second-order valence-corrected chi connectivity index (χ2v) is 5.95. The van der Waals surface area contributed by atoms with Crippen LogP contribution in [-0.4, -0.2) is 74.5 Å². The Labute approximate surface area is 134 Å². The third-order valence-electron chi connectivity index (χ3n) is 4.25. The summed E-state index contributed by atoms with van der Waals surface area (Å²) in [5, 5.41) is 17.3. The number of ether oxygens (including phenoxy) is 1. The number of nitrogens with one attached hydrogen (secondary N) is 2. The predicted octanol–water partition coefficient (Wildman–Crippen LogP) is 0.354. The summed E-state index contributed by atoms with van der Waals surface area (Å²) < 4.78 is 4.82. The highest BCUT2D eigenvalue weighted by molar-refractivity contribution is 5.70. The van der Waals surface area contributed by atoms with Crippen LogP contribution in [-0.2, 0) is 9.53 Å². The largest absolute Gasteiger partial charge is 0.469 e. The van der Waals surface area contributed by atoms with Crippen LogP contribution >= 0.6 is 0 Å². The highest BCUT2D eigenvalue weighted by atomic mass is 16.5. The average molecular weight is 315 g/mol. The van der Waals surface area contributed by atoms with Crippen LogP contribution in [0.5, 0.6) is 0 Å². The second kappa shape index (κ2) is 11.8. The highest BCUT2D eigenvalue weighted by Gasteiger charge is 2.28. The van der Waals surface area contributed by atoms with Crippen molar-refractivity contribution >= 4 is 5.97 Å². The zero-order chi connectivity index (χ0) is 16.2. The van der Waals surface area contributed by atoms with Gasteiger partial charge in [-0.2, -0.15) is 0 Å². The summed E-state index contributed by atoms with van der Waals surface area (Å²) in [5.74, 6) is -0.250. The number of aliphatic hydroxyl groups is 1. The number of aliphatic hydroxyl groups excluding tert-OH is 1. The number of hydrogen-bond donors (Lipinski definition) is 3. The molecule has 1 aliphatic rings. The van der Waals surface area contributed by atoms with Gasteiger partial charge in [0.1, 0.15) is 0 Å². The van der Waals surface area contributed by atoms with Crippen molar-refractivity contribution in [2.24, 2.45) is 0 Å². The first-order valence-electron chi connectivity index (χ1n) is 8.59. The quantitative estimate of drug-likeness (QED) is 0.443. The molecule has 1 saturated heterocycles. The molecule has 2 atom stereocenters. The van der Waals surface area contributed by atoms with E-state index < -0.39 is 6.10 Å². The number of rotatable bonds is 8.